The lowest BCUT2D eigenvalue weighted by atomic mass is 10.2. The van der Waals surface area contributed by atoms with Gasteiger partial charge in [0.1, 0.15) is 0 Å². The van der Waals surface area contributed by atoms with E-state index in [1.165, 1.54) is 31.5 Å². The van der Waals surface area contributed by atoms with E-state index in [-0.39, 0.29) is 29.3 Å². The highest BCUT2D eigenvalue weighted by Gasteiger charge is 2.09. The second-order valence-electron chi connectivity index (χ2n) is 7.03. The fourth-order valence-electron chi connectivity index (χ4n) is 2.92. The number of aromatic nitrogens is 3. The van der Waals surface area contributed by atoms with Crippen molar-refractivity contribution in [2.24, 2.45) is 5.10 Å². The summed E-state index contributed by atoms with van der Waals surface area (Å²) in [7, 11) is 1.46. The van der Waals surface area contributed by atoms with Gasteiger partial charge in [-0.3, -0.25) is 10.1 Å². The first-order chi connectivity index (χ1) is 17.0. The highest BCUT2D eigenvalue weighted by atomic mass is 16.6. The molecule has 4 N–H and O–H groups in total. The fourth-order valence-corrected chi connectivity index (χ4v) is 2.92. The van der Waals surface area contributed by atoms with Crippen LogP contribution in [0.25, 0.3) is 0 Å². The third-order valence-corrected chi connectivity index (χ3v) is 4.58. The monoisotopic (exact) mass is 472 g/mol. The lowest BCUT2D eigenvalue weighted by molar-refractivity contribution is -0.384. The van der Waals surface area contributed by atoms with Crippen molar-refractivity contribution in [1.29, 1.82) is 0 Å². The van der Waals surface area contributed by atoms with Crippen LogP contribution in [0.4, 0.5) is 34.9 Å². The van der Waals surface area contributed by atoms with E-state index in [1.807, 2.05) is 30.3 Å². The van der Waals surface area contributed by atoms with E-state index in [0.717, 1.165) is 5.69 Å². The molecular formula is C23H20N8O4. The van der Waals surface area contributed by atoms with Gasteiger partial charge >= 0.3 is 0 Å². The van der Waals surface area contributed by atoms with E-state index in [4.69, 9.17) is 4.74 Å². The number of benzene rings is 3. The summed E-state index contributed by atoms with van der Waals surface area (Å²) in [6.07, 6.45) is 1.51. The Kier molecular flexibility index (Phi) is 6.92. The van der Waals surface area contributed by atoms with Crippen LogP contribution in [-0.4, -0.2) is 38.3 Å². The standard InChI is InChI=1S/C23H20N8O4/c1-35-20-13-15(7-12-19(20)32)14-24-30-23-28-21(25-16-5-3-2-4-6-16)27-22(29-23)26-17-8-10-18(11-9-17)31(33)34/h2-14,32H,1H3,(H3,25,26,27,28,29,30)/b24-14+. The molecule has 0 saturated carbocycles. The van der Waals surface area contributed by atoms with Crippen LogP contribution >= 0.6 is 0 Å². The summed E-state index contributed by atoms with van der Waals surface area (Å²) >= 11 is 0. The topological polar surface area (TPSA) is 160 Å². The Bertz CT molecular complexity index is 1350. The average molecular weight is 472 g/mol. The molecule has 0 radical (unpaired) electrons. The number of hydrogen-bond donors (Lipinski definition) is 4. The third-order valence-electron chi connectivity index (χ3n) is 4.58. The van der Waals surface area contributed by atoms with Crippen molar-refractivity contribution in [3.05, 3.63) is 88.5 Å². The fraction of sp³-hybridized carbons (Fsp3) is 0.0435. The van der Waals surface area contributed by atoms with E-state index < -0.39 is 4.92 Å². The number of rotatable bonds is 9. The molecular weight excluding hydrogens is 452 g/mol. The van der Waals surface area contributed by atoms with Gasteiger partial charge in [0.2, 0.25) is 17.8 Å². The molecule has 0 aliphatic rings. The number of hydrogen-bond acceptors (Lipinski definition) is 11. The zero-order valence-electron chi connectivity index (χ0n) is 18.4. The number of nitro groups is 1. The van der Waals surface area contributed by atoms with Gasteiger partial charge in [-0.15, -0.1) is 0 Å². The molecule has 0 amide bonds. The summed E-state index contributed by atoms with van der Waals surface area (Å²) < 4.78 is 5.10. The number of phenols is 1. The molecule has 0 aliphatic carbocycles. The first-order valence-corrected chi connectivity index (χ1v) is 10.3. The van der Waals surface area contributed by atoms with Crippen molar-refractivity contribution in [3.8, 4) is 11.5 Å². The largest absolute Gasteiger partial charge is 0.504 e. The number of methoxy groups -OCH3 is 1. The first-order valence-electron chi connectivity index (χ1n) is 10.3. The van der Waals surface area contributed by atoms with Crippen molar-refractivity contribution in [2.75, 3.05) is 23.2 Å². The molecule has 4 aromatic rings. The molecule has 0 spiro atoms. The van der Waals surface area contributed by atoms with E-state index in [1.54, 1.807) is 24.3 Å². The smallest absolute Gasteiger partial charge is 0.269 e. The van der Waals surface area contributed by atoms with E-state index >= 15 is 0 Å². The molecule has 176 valence electrons. The van der Waals surface area contributed by atoms with Gasteiger partial charge in [0.15, 0.2) is 11.5 Å². The van der Waals surface area contributed by atoms with Crippen LogP contribution in [0, 0.1) is 10.1 Å². The molecule has 0 aliphatic heterocycles. The van der Waals surface area contributed by atoms with Crippen LogP contribution in [0.3, 0.4) is 0 Å². The van der Waals surface area contributed by atoms with Crippen LogP contribution < -0.4 is 20.8 Å². The minimum absolute atomic E-state index is 0.0219. The summed E-state index contributed by atoms with van der Waals surface area (Å²) in [5.74, 6) is 0.924. The zero-order valence-corrected chi connectivity index (χ0v) is 18.4. The van der Waals surface area contributed by atoms with Gasteiger partial charge in [-0.05, 0) is 48.0 Å². The molecule has 12 heteroatoms. The maximum absolute atomic E-state index is 10.9. The molecule has 3 aromatic carbocycles. The Morgan fingerprint density at radius 2 is 1.54 bits per heavy atom. The predicted molar refractivity (Wildman–Crippen MR) is 132 cm³/mol. The lowest BCUT2D eigenvalue weighted by Crippen LogP contribution is -2.07. The molecule has 0 unspecified atom stereocenters. The van der Waals surface area contributed by atoms with Gasteiger partial charge in [-0.2, -0.15) is 20.1 Å². The van der Waals surface area contributed by atoms with Gasteiger partial charge in [-0.25, -0.2) is 5.43 Å². The highest BCUT2D eigenvalue weighted by Crippen LogP contribution is 2.25. The van der Waals surface area contributed by atoms with Crippen molar-refractivity contribution < 1.29 is 14.8 Å². The van der Waals surface area contributed by atoms with E-state index in [2.05, 4.69) is 36.1 Å². The average Bonchev–Trinajstić information content (AvgIpc) is 2.86. The number of nitrogens with one attached hydrogen (secondary N) is 3. The van der Waals surface area contributed by atoms with Crippen molar-refractivity contribution in [3.63, 3.8) is 0 Å². The molecule has 1 aromatic heterocycles. The second kappa shape index (κ2) is 10.6. The van der Waals surface area contributed by atoms with Gasteiger partial charge in [0.25, 0.3) is 5.69 Å². The van der Waals surface area contributed by atoms with E-state index in [9.17, 15) is 15.2 Å². The number of phenolic OH excluding ortho intramolecular Hbond substituents is 1. The Hall–Kier alpha value is -5.26. The van der Waals surface area contributed by atoms with Crippen LogP contribution in [0.5, 0.6) is 11.5 Å². The Balaban J connectivity index is 1.57. The Labute approximate surface area is 199 Å². The minimum atomic E-state index is -0.474. The molecule has 4 rings (SSSR count). The van der Waals surface area contributed by atoms with Gasteiger partial charge < -0.3 is 20.5 Å². The highest BCUT2D eigenvalue weighted by molar-refractivity contribution is 5.81. The van der Waals surface area contributed by atoms with Crippen LogP contribution in [-0.2, 0) is 0 Å². The number of nitrogens with zero attached hydrogens (tertiary/aromatic N) is 5. The maximum Gasteiger partial charge on any atom is 0.269 e. The Morgan fingerprint density at radius 1 is 0.914 bits per heavy atom. The van der Waals surface area contributed by atoms with Gasteiger partial charge in [-0.1, -0.05) is 18.2 Å². The number of hydrazone groups is 1. The quantitative estimate of drug-likeness (QED) is 0.156. The van der Waals surface area contributed by atoms with Crippen molar-refractivity contribution in [2.45, 2.75) is 0 Å². The zero-order chi connectivity index (χ0) is 24.6. The van der Waals surface area contributed by atoms with Crippen molar-refractivity contribution >= 4 is 41.1 Å². The number of anilines is 5. The minimum Gasteiger partial charge on any atom is -0.504 e. The lowest BCUT2D eigenvalue weighted by Gasteiger charge is -2.10. The first kappa shape index (κ1) is 22.9. The van der Waals surface area contributed by atoms with E-state index in [0.29, 0.717) is 17.0 Å². The molecule has 12 nitrogen and oxygen atoms in total. The molecule has 0 atom stereocenters. The summed E-state index contributed by atoms with van der Waals surface area (Å²) in [6, 6.07) is 20.0. The number of nitro benzene ring substituents is 1. The Morgan fingerprint density at radius 3 is 2.17 bits per heavy atom. The maximum atomic E-state index is 10.9. The molecule has 35 heavy (non-hydrogen) atoms. The number of non-ortho nitro benzene ring substituents is 1. The van der Waals surface area contributed by atoms with Crippen molar-refractivity contribution in [1.82, 2.24) is 15.0 Å². The third kappa shape index (κ3) is 6.16. The molecule has 0 bridgehead atoms. The van der Waals surface area contributed by atoms with Crippen LogP contribution in [0.1, 0.15) is 5.56 Å². The number of ether oxygens (including phenoxy) is 1. The normalized spacial score (nSPS) is 10.7. The number of para-hydroxylation sites is 1. The molecule has 0 fully saturated rings. The molecule has 1 heterocycles. The predicted octanol–water partition coefficient (Wildman–Crippen LogP) is 4.43. The SMILES string of the molecule is COc1cc(/C=N/Nc2nc(Nc3ccccc3)nc(Nc3ccc([N+](=O)[O-])cc3)n2)ccc1O. The molecule has 0 saturated heterocycles. The second-order valence-corrected chi connectivity index (χ2v) is 7.03. The summed E-state index contributed by atoms with van der Waals surface area (Å²) in [5.41, 5.74) is 4.73. The van der Waals surface area contributed by atoms with Gasteiger partial charge in [0, 0.05) is 23.5 Å². The van der Waals surface area contributed by atoms with Crippen LogP contribution in [0.2, 0.25) is 0 Å². The summed E-state index contributed by atoms with van der Waals surface area (Å²) in [4.78, 5) is 23.4. The summed E-state index contributed by atoms with van der Waals surface area (Å²) in [5, 5.41) is 30.9. The number of aromatic hydroxyl groups is 1. The van der Waals surface area contributed by atoms with Crippen LogP contribution in [0.15, 0.2) is 77.9 Å². The summed E-state index contributed by atoms with van der Waals surface area (Å²) in [6.45, 7) is 0. The van der Waals surface area contributed by atoms with Gasteiger partial charge in [0.05, 0.1) is 18.2 Å².